The third-order valence-electron chi connectivity index (χ3n) is 3.50. The molecule has 0 bridgehead atoms. The second-order valence-electron chi connectivity index (χ2n) is 5.06. The summed E-state index contributed by atoms with van der Waals surface area (Å²) in [5, 5.41) is 0.477. The molecular formula is C17H16FNO3S. The van der Waals surface area contributed by atoms with E-state index >= 15 is 0 Å². The normalized spacial score (nSPS) is 11.0. The summed E-state index contributed by atoms with van der Waals surface area (Å²) >= 11 is 1.29. The van der Waals surface area contributed by atoms with Crippen LogP contribution in [0.5, 0.6) is 0 Å². The predicted octanol–water partition coefficient (Wildman–Crippen LogP) is 3.92. The van der Waals surface area contributed by atoms with Gasteiger partial charge in [0.25, 0.3) is 5.91 Å². The number of fused-ring (bicyclic) bond motifs is 1. The summed E-state index contributed by atoms with van der Waals surface area (Å²) in [4.78, 5) is 14.9. The summed E-state index contributed by atoms with van der Waals surface area (Å²) in [6, 6.07) is 10.1. The van der Waals surface area contributed by atoms with Crippen LogP contribution in [-0.4, -0.2) is 31.1 Å². The van der Waals surface area contributed by atoms with Crippen molar-refractivity contribution in [3.8, 4) is 0 Å². The Hall–Kier alpha value is -2.18. The Morgan fingerprint density at radius 3 is 2.91 bits per heavy atom. The summed E-state index contributed by atoms with van der Waals surface area (Å²) < 4.78 is 25.0. The number of carbonyl (C=O) groups is 1. The molecule has 6 heteroatoms. The average Bonchev–Trinajstić information content (AvgIpc) is 3.20. The van der Waals surface area contributed by atoms with Gasteiger partial charge in [-0.15, -0.1) is 11.3 Å². The lowest BCUT2D eigenvalue weighted by Gasteiger charge is -2.20. The molecule has 3 aromatic rings. The van der Waals surface area contributed by atoms with Crippen LogP contribution < -0.4 is 0 Å². The maximum absolute atomic E-state index is 13.8. The predicted molar refractivity (Wildman–Crippen MR) is 87.1 cm³/mol. The number of benzene rings is 1. The van der Waals surface area contributed by atoms with Crippen LogP contribution in [0.25, 0.3) is 10.1 Å². The van der Waals surface area contributed by atoms with Gasteiger partial charge in [-0.2, -0.15) is 0 Å². The van der Waals surface area contributed by atoms with Gasteiger partial charge in [-0.3, -0.25) is 4.79 Å². The van der Waals surface area contributed by atoms with Crippen molar-refractivity contribution in [2.75, 3.05) is 20.3 Å². The number of amides is 1. The van der Waals surface area contributed by atoms with Gasteiger partial charge in [0, 0.05) is 23.7 Å². The Bertz CT molecular complexity index is 797. The zero-order valence-corrected chi connectivity index (χ0v) is 13.4. The number of furan rings is 1. The Kier molecular flexibility index (Phi) is 4.73. The van der Waals surface area contributed by atoms with Crippen molar-refractivity contribution in [2.45, 2.75) is 6.54 Å². The van der Waals surface area contributed by atoms with Gasteiger partial charge < -0.3 is 14.1 Å². The maximum Gasteiger partial charge on any atom is 0.264 e. The summed E-state index contributed by atoms with van der Waals surface area (Å²) in [5.41, 5.74) is 0. The number of carbonyl (C=O) groups excluding carboxylic acids is 1. The Morgan fingerprint density at radius 2 is 2.22 bits per heavy atom. The number of ether oxygens (including phenoxy) is 1. The number of hydrogen-bond acceptors (Lipinski definition) is 4. The SMILES string of the molecule is COCCN(Cc1ccco1)C(=O)c1cc2c(F)cccc2s1. The van der Waals surface area contributed by atoms with Crippen molar-refractivity contribution in [2.24, 2.45) is 0 Å². The third kappa shape index (κ3) is 3.43. The van der Waals surface area contributed by atoms with Gasteiger partial charge >= 0.3 is 0 Å². The third-order valence-corrected chi connectivity index (χ3v) is 4.59. The van der Waals surface area contributed by atoms with Gasteiger partial charge in [0.15, 0.2) is 0 Å². The van der Waals surface area contributed by atoms with E-state index in [0.717, 1.165) is 4.70 Å². The molecule has 23 heavy (non-hydrogen) atoms. The van der Waals surface area contributed by atoms with Crippen molar-refractivity contribution in [3.05, 3.63) is 59.1 Å². The van der Waals surface area contributed by atoms with Crippen molar-refractivity contribution in [1.29, 1.82) is 0 Å². The van der Waals surface area contributed by atoms with Gasteiger partial charge in [0.2, 0.25) is 0 Å². The van der Waals surface area contributed by atoms with E-state index in [-0.39, 0.29) is 11.7 Å². The second kappa shape index (κ2) is 6.93. The number of nitrogens with zero attached hydrogens (tertiary/aromatic N) is 1. The molecule has 1 amide bonds. The monoisotopic (exact) mass is 333 g/mol. The highest BCUT2D eigenvalue weighted by Gasteiger charge is 2.20. The van der Waals surface area contributed by atoms with E-state index in [1.54, 1.807) is 36.5 Å². The lowest BCUT2D eigenvalue weighted by molar-refractivity contribution is 0.0671. The molecule has 0 spiro atoms. The molecular weight excluding hydrogens is 317 g/mol. The largest absolute Gasteiger partial charge is 0.467 e. The van der Waals surface area contributed by atoms with E-state index in [9.17, 15) is 9.18 Å². The van der Waals surface area contributed by atoms with Crippen LogP contribution in [0.1, 0.15) is 15.4 Å². The zero-order chi connectivity index (χ0) is 16.2. The van der Waals surface area contributed by atoms with Crippen LogP contribution in [0, 0.1) is 5.82 Å². The van der Waals surface area contributed by atoms with Crippen molar-refractivity contribution >= 4 is 27.3 Å². The first-order chi connectivity index (χ1) is 11.2. The average molecular weight is 333 g/mol. The van der Waals surface area contributed by atoms with Crippen molar-refractivity contribution in [1.82, 2.24) is 4.90 Å². The van der Waals surface area contributed by atoms with Crippen LogP contribution in [0.15, 0.2) is 47.1 Å². The molecule has 0 radical (unpaired) electrons. The minimum atomic E-state index is -0.313. The molecule has 0 aliphatic carbocycles. The van der Waals surface area contributed by atoms with Crippen molar-refractivity contribution < 1.29 is 18.3 Å². The van der Waals surface area contributed by atoms with E-state index in [1.807, 2.05) is 12.1 Å². The molecule has 3 rings (SSSR count). The molecule has 0 N–H and O–H groups in total. The van der Waals surface area contributed by atoms with Crippen LogP contribution in [0.4, 0.5) is 4.39 Å². The van der Waals surface area contributed by atoms with E-state index in [4.69, 9.17) is 9.15 Å². The first-order valence-electron chi connectivity index (χ1n) is 7.17. The molecule has 2 heterocycles. The van der Waals surface area contributed by atoms with E-state index < -0.39 is 0 Å². The fourth-order valence-electron chi connectivity index (χ4n) is 2.33. The minimum absolute atomic E-state index is 0.154. The number of methoxy groups -OCH3 is 1. The molecule has 0 aliphatic rings. The molecule has 0 atom stereocenters. The molecule has 0 unspecified atom stereocenters. The molecule has 1 aromatic carbocycles. The maximum atomic E-state index is 13.8. The zero-order valence-electron chi connectivity index (χ0n) is 12.6. The van der Waals surface area contributed by atoms with E-state index in [2.05, 4.69) is 0 Å². The topological polar surface area (TPSA) is 42.7 Å². The highest BCUT2D eigenvalue weighted by atomic mass is 32.1. The summed E-state index contributed by atoms with van der Waals surface area (Å²) in [7, 11) is 1.59. The van der Waals surface area contributed by atoms with Gasteiger partial charge in [-0.25, -0.2) is 4.39 Å². The van der Waals surface area contributed by atoms with Crippen LogP contribution in [0.2, 0.25) is 0 Å². The number of rotatable bonds is 6. The van der Waals surface area contributed by atoms with Crippen LogP contribution >= 0.6 is 11.3 Å². The molecule has 2 aromatic heterocycles. The molecule has 0 fully saturated rings. The van der Waals surface area contributed by atoms with Gasteiger partial charge in [-0.1, -0.05) is 6.07 Å². The fourth-order valence-corrected chi connectivity index (χ4v) is 3.37. The lowest BCUT2D eigenvalue weighted by atomic mass is 10.2. The molecule has 4 nitrogen and oxygen atoms in total. The van der Waals surface area contributed by atoms with E-state index in [0.29, 0.717) is 35.7 Å². The highest BCUT2D eigenvalue weighted by molar-refractivity contribution is 7.20. The Balaban J connectivity index is 1.87. The Morgan fingerprint density at radius 1 is 1.35 bits per heavy atom. The number of halogens is 1. The highest BCUT2D eigenvalue weighted by Crippen LogP contribution is 2.28. The van der Waals surface area contributed by atoms with Crippen molar-refractivity contribution in [3.63, 3.8) is 0 Å². The molecule has 0 saturated carbocycles. The molecule has 120 valence electrons. The van der Waals surface area contributed by atoms with Crippen LogP contribution in [0.3, 0.4) is 0 Å². The van der Waals surface area contributed by atoms with Gasteiger partial charge in [0.1, 0.15) is 11.6 Å². The summed E-state index contributed by atoms with van der Waals surface area (Å²) in [6.45, 7) is 1.21. The first kappa shape index (κ1) is 15.7. The summed E-state index contributed by atoms with van der Waals surface area (Å²) in [6.07, 6.45) is 1.57. The first-order valence-corrected chi connectivity index (χ1v) is 7.99. The number of hydrogen-bond donors (Lipinski definition) is 0. The molecule has 0 saturated heterocycles. The quantitative estimate of drug-likeness (QED) is 0.686. The molecule has 0 aliphatic heterocycles. The van der Waals surface area contributed by atoms with E-state index in [1.165, 1.54) is 17.4 Å². The second-order valence-corrected chi connectivity index (χ2v) is 6.14. The summed E-state index contributed by atoms with van der Waals surface area (Å²) in [5.74, 6) is 0.230. The number of thiophene rings is 1. The standard InChI is InChI=1S/C17H16FNO3S/c1-21-9-7-19(11-12-4-3-8-22-12)17(20)16-10-13-14(18)5-2-6-15(13)23-16/h2-6,8,10H,7,9,11H2,1H3. The van der Waals surface area contributed by atoms with Crippen LogP contribution in [-0.2, 0) is 11.3 Å². The fraction of sp³-hybridized carbons (Fsp3) is 0.235. The Labute approximate surface area is 137 Å². The lowest BCUT2D eigenvalue weighted by Crippen LogP contribution is -2.32. The van der Waals surface area contributed by atoms with Gasteiger partial charge in [-0.05, 0) is 30.3 Å². The smallest absolute Gasteiger partial charge is 0.264 e. The minimum Gasteiger partial charge on any atom is -0.467 e. The van der Waals surface area contributed by atoms with Gasteiger partial charge in [0.05, 0.1) is 24.3 Å².